The van der Waals surface area contributed by atoms with Crippen molar-refractivity contribution >= 4 is 28.1 Å². The van der Waals surface area contributed by atoms with Crippen LogP contribution in [0.15, 0.2) is 42.7 Å². The van der Waals surface area contributed by atoms with Crippen molar-refractivity contribution in [2.24, 2.45) is 5.92 Å². The van der Waals surface area contributed by atoms with Gasteiger partial charge in [0.05, 0.1) is 25.6 Å². The number of amides is 1. The van der Waals surface area contributed by atoms with Crippen molar-refractivity contribution in [3.05, 3.63) is 59.7 Å². The number of hydrogen-bond acceptors (Lipinski definition) is 6. The number of anilines is 1. The molecule has 3 aromatic heterocycles. The molecule has 182 valence electrons. The highest BCUT2D eigenvalue weighted by Crippen LogP contribution is 2.25. The number of aromatic nitrogens is 4. The van der Waals surface area contributed by atoms with E-state index in [2.05, 4.69) is 49.9 Å². The molecule has 1 aliphatic heterocycles. The number of carbonyl (C=O) groups excluding carboxylic acids is 1. The van der Waals surface area contributed by atoms with E-state index in [0.29, 0.717) is 25.5 Å². The van der Waals surface area contributed by atoms with Crippen molar-refractivity contribution in [3.63, 3.8) is 0 Å². The van der Waals surface area contributed by atoms with Gasteiger partial charge in [0, 0.05) is 37.4 Å². The number of rotatable bonds is 8. The Morgan fingerprint density at radius 3 is 2.86 bits per heavy atom. The molecule has 4 aromatic rings. The van der Waals surface area contributed by atoms with E-state index in [1.165, 1.54) is 30.3 Å². The van der Waals surface area contributed by atoms with Crippen molar-refractivity contribution in [2.45, 2.75) is 32.4 Å². The van der Waals surface area contributed by atoms with Gasteiger partial charge in [0.1, 0.15) is 11.2 Å². The highest BCUT2D eigenvalue weighted by Gasteiger charge is 2.20. The van der Waals surface area contributed by atoms with E-state index in [9.17, 15) is 4.79 Å². The van der Waals surface area contributed by atoms with Gasteiger partial charge < -0.3 is 25.3 Å². The second kappa shape index (κ2) is 9.67. The van der Waals surface area contributed by atoms with E-state index in [4.69, 9.17) is 9.72 Å². The molecule has 3 N–H and O–H groups in total. The molecule has 1 saturated heterocycles. The smallest absolute Gasteiger partial charge is 0.271 e. The van der Waals surface area contributed by atoms with E-state index >= 15 is 0 Å². The molecular formula is C26H31N7O2. The number of benzene rings is 1. The summed E-state index contributed by atoms with van der Waals surface area (Å²) in [6, 6.07) is 10.4. The molecule has 1 saturated carbocycles. The molecule has 0 spiro atoms. The molecule has 1 amide bonds. The fourth-order valence-corrected chi connectivity index (χ4v) is 4.85. The van der Waals surface area contributed by atoms with Crippen LogP contribution in [-0.4, -0.2) is 58.3 Å². The first-order chi connectivity index (χ1) is 17.2. The topological polar surface area (TPSA) is 99.6 Å². The maximum absolute atomic E-state index is 13.0. The van der Waals surface area contributed by atoms with E-state index in [1.54, 1.807) is 16.9 Å². The summed E-state index contributed by atoms with van der Waals surface area (Å²) in [4.78, 5) is 23.4. The van der Waals surface area contributed by atoms with Gasteiger partial charge in [-0.15, -0.1) is 0 Å². The first-order valence-electron chi connectivity index (χ1n) is 12.5. The fourth-order valence-electron chi connectivity index (χ4n) is 4.85. The number of H-pyrrole nitrogens is 1. The van der Waals surface area contributed by atoms with Gasteiger partial charge in [0.15, 0.2) is 5.82 Å². The molecule has 0 atom stereocenters. The lowest BCUT2D eigenvalue weighted by molar-refractivity contribution is 0.0945. The molecule has 2 fully saturated rings. The molecule has 35 heavy (non-hydrogen) atoms. The average Bonchev–Trinajstić information content (AvgIpc) is 3.50. The number of nitrogens with zero attached hydrogens (tertiary/aromatic N) is 4. The Kier molecular flexibility index (Phi) is 6.10. The number of fused-ring (bicyclic) bond motifs is 2. The molecule has 0 radical (unpaired) electrons. The Hall–Kier alpha value is -3.43. The number of aromatic amines is 1. The SMILES string of the molecule is O=C(NCc1ccc2cc(CNCC3CCC3)[nH]c2c1)c1cn2nccc2c(N2CCOCC2)n1. The summed E-state index contributed by atoms with van der Waals surface area (Å²) in [7, 11) is 0. The second-order valence-electron chi connectivity index (χ2n) is 9.54. The van der Waals surface area contributed by atoms with Gasteiger partial charge >= 0.3 is 0 Å². The molecule has 0 unspecified atom stereocenters. The van der Waals surface area contributed by atoms with Crippen LogP contribution in [-0.2, 0) is 17.8 Å². The molecule has 4 heterocycles. The zero-order valence-electron chi connectivity index (χ0n) is 19.8. The van der Waals surface area contributed by atoms with Crippen LogP contribution in [0.25, 0.3) is 16.4 Å². The first-order valence-corrected chi connectivity index (χ1v) is 12.5. The van der Waals surface area contributed by atoms with Gasteiger partial charge in [-0.3, -0.25) is 4.79 Å². The largest absolute Gasteiger partial charge is 0.378 e. The number of carbonyl (C=O) groups is 1. The Labute approximate surface area is 203 Å². The predicted molar refractivity (Wildman–Crippen MR) is 135 cm³/mol. The van der Waals surface area contributed by atoms with Crippen LogP contribution >= 0.6 is 0 Å². The average molecular weight is 474 g/mol. The molecule has 1 aliphatic carbocycles. The third-order valence-electron chi connectivity index (χ3n) is 7.08. The minimum absolute atomic E-state index is 0.218. The zero-order chi connectivity index (χ0) is 23.6. The zero-order valence-corrected chi connectivity index (χ0v) is 19.8. The summed E-state index contributed by atoms with van der Waals surface area (Å²) >= 11 is 0. The van der Waals surface area contributed by atoms with Crippen LogP contribution < -0.4 is 15.5 Å². The summed E-state index contributed by atoms with van der Waals surface area (Å²) in [5, 5.41) is 12.1. The van der Waals surface area contributed by atoms with E-state index in [1.807, 2.05) is 6.07 Å². The quantitative estimate of drug-likeness (QED) is 0.364. The van der Waals surface area contributed by atoms with Crippen molar-refractivity contribution < 1.29 is 9.53 Å². The lowest BCUT2D eigenvalue weighted by Crippen LogP contribution is -2.37. The molecule has 2 aliphatic rings. The Morgan fingerprint density at radius 1 is 1.14 bits per heavy atom. The monoisotopic (exact) mass is 473 g/mol. The Balaban J connectivity index is 1.12. The van der Waals surface area contributed by atoms with Gasteiger partial charge in [-0.2, -0.15) is 5.10 Å². The molecular weight excluding hydrogens is 442 g/mol. The highest BCUT2D eigenvalue weighted by molar-refractivity contribution is 5.93. The normalized spacial score (nSPS) is 16.6. The maximum Gasteiger partial charge on any atom is 0.271 e. The van der Waals surface area contributed by atoms with E-state index in [0.717, 1.165) is 54.5 Å². The minimum Gasteiger partial charge on any atom is -0.378 e. The van der Waals surface area contributed by atoms with E-state index in [-0.39, 0.29) is 5.91 Å². The van der Waals surface area contributed by atoms with Gasteiger partial charge in [-0.1, -0.05) is 18.6 Å². The molecule has 0 bridgehead atoms. The summed E-state index contributed by atoms with van der Waals surface area (Å²) in [6.45, 7) is 5.16. The van der Waals surface area contributed by atoms with Crippen molar-refractivity contribution in [1.29, 1.82) is 0 Å². The number of hydrogen-bond donors (Lipinski definition) is 3. The second-order valence-corrected chi connectivity index (χ2v) is 9.54. The minimum atomic E-state index is -0.218. The van der Waals surface area contributed by atoms with Gasteiger partial charge in [-0.05, 0) is 54.5 Å². The van der Waals surface area contributed by atoms with Crippen LogP contribution in [0.3, 0.4) is 0 Å². The Morgan fingerprint density at radius 2 is 2.03 bits per heavy atom. The third kappa shape index (κ3) is 4.74. The van der Waals surface area contributed by atoms with Crippen LogP contribution in [0.4, 0.5) is 5.82 Å². The standard InChI is InChI=1S/C26H31N7O2/c34-26(23-17-33-24(6-7-29-33)25(31-23)32-8-10-35-11-9-32)28-15-19-4-5-20-13-21(30-22(20)12-19)16-27-14-18-2-1-3-18/h4-7,12-13,17-18,27,30H,1-3,8-11,14-16H2,(H,28,34). The Bertz CT molecular complexity index is 1330. The van der Waals surface area contributed by atoms with Crippen LogP contribution in [0.5, 0.6) is 0 Å². The van der Waals surface area contributed by atoms with Crippen molar-refractivity contribution in [3.8, 4) is 0 Å². The van der Waals surface area contributed by atoms with Crippen molar-refractivity contribution in [1.82, 2.24) is 30.2 Å². The number of morpholine rings is 1. The number of nitrogens with one attached hydrogen (secondary N) is 3. The maximum atomic E-state index is 13.0. The van der Waals surface area contributed by atoms with Crippen LogP contribution in [0.2, 0.25) is 0 Å². The van der Waals surface area contributed by atoms with Crippen molar-refractivity contribution in [2.75, 3.05) is 37.7 Å². The molecule has 6 rings (SSSR count). The first kappa shape index (κ1) is 22.1. The van der Waals surface area contributed by atoms with Crippen LogP contribution in [0.1, 0.15) is 41.0 Å². The predicted octanol–water partition coefficient (Wildman–Crippen LogP) is 2.87. The van der Waals surface area contributed by atoms with Gasteiger partial charge in [0.25, 0.3) is 5.91 Å². The lowest BCUT2D eigenvalue weighted by Gasteiger charge is -2.28. The van der Waals surface area contributed by atoms with E-state index < -0.39 is 0 Å². The van der Waals surface area contributed by atoms with Gasteiger partial charge in [0.2, 0.25) is 0 Å². The summed E-state index contributed by atoms with van der Waals surface area (Å²) in [5.41, 5.74) is 4.55. The fraction of sp³-hybridized carbons (Fsp3) is 0.423. The summed E-state index contributed by atoms with van der Waals surface area (Å²) in [6.07, 6.45) is 7.50. The highest BCUT2D eigenvalue weighted by atomic mass is 16.5. The van der Waals surface area contributed by atoms with Crippen LogP contribution in [0, 0.1) is 5.92 Å². The molecule has 9 nitrogen and oxygen atoms in total. The summed E-state index contributed by atoms with van der Waals surface area (Å²) in [5.74, 6) is 1.40. The molecule has 9 heteroatoms. The third-order valence-corrected chi connectivity index (χ3v) is 7.08. The summed E-state index contributed by atoms with van der Waals surface area (Å²) < 4.78 is 7.19. The van der Waals surface area contributed by atoms with Gasteiger partial charge in [-0.25, -0.2) is 9.50 Å². The number of ether oxygens (including phenoxy) is 1. The molecule has 1 aromatic carbocycles. The lowest BCUT2D eigenvalue weighted by atomic mass is 9.85.